The predicted molar refractivity (Wildman–Crippen MR) is 78.0 cm³/mol. The molecule has 0 spiro atoms. The van der Waals surface area contributed by atoms with E-state index in [9.17, 15) is 14.0 Å². The molecule has 114 valence electrons. The Kier molecular flexibility index (Phi) is 5.14. The van der Waals surface area contributed by atoms with E-state index in [0.29, 0.717) is 11.4 Å². The maximum atomic E-state index is 14.0. The average molecular weight is 294 g/mol. The first kappa shape index (κ1) is 15.3. The van der Waals surface area contributed by atoms with Gasteiger partial charge >= 0.3 is 5.97 Å². The second kappa shape index (κ2) is 7.06. The SMILES string of the molecule is O=C(O)CCCC(=O)Nc1ccc(N2CCCC2)c(F)c1. The van der Waals surface area contributed by atoms with Gasteiger partial charge in [0.05, 0.1) is 5.69 Å². The molecule has 1 aromatic carbocycles. The molecule has 1 aliphatic rings. The summed E-state index contributed by atoms with van der Waals surface area (Å²) in [6.07, 6.45) is 2.48. The third kappa shape index (κ3) is 4.44. The number of carboxylic acid groups (broad SMARTS) is 1. The van der Waals surface area contributed by atoms with Crippen molar-refractivity contribution < 1.29 is 19.1 Å². The average Bonchev–Trinajstić information content (AvgIpc) is 2.92. The van der Waals surface area contributed by atoms with Crippen molar-refractivity contribution in [2.45, 2.75) is 32.1 Å². The van der Waals surface area contributed by atoms with E-state index in [-0.39, 0.29) is 31.0 Å². The van der Waals surface area contributed by atoms with Crippen molar-refractivity contribution in [1.82, 2.24) is 0 Å². The van der Waals surface area contributed by atoms with Gasteiger partial charge in [-0.25, -0.2) is 4.39 Å². The van der Waals surface area contributed by atoms with Crippen LogP contribution in [-0.4, -0.2) is 30.1 Å². The van der Waals surface area contributed by atoms with Gasteiger partial charge in [0.2, 0.25) is 5.91 Å². The Morgan fingerprint density at radius 3 is 2.57 bits per heavy atom. The highest BCUT2D eigenvalue weighted by Gasteiger charge is 2.16. The van der Waals surface area contributed by atoms with Gasteiger partial charge in [-0.1, -0.05) is 0 Å². The molecule has 1 fully saturated rings. The first-order valence-corrected chi connectivity index (χ1v) is 7.12. The van der Waals surface area contributed by atoms with E-state index in [2.05, 4.69) is 5.32 Å². The van der Waals surface area contributed by atoms with Gasteiger partial charge in [-0.05, 0) is 37.5 Å². The molecule has 0 radical (unpaired) electrons. The predicted octanol–water partition coefficient (Wildman–Crippen LogP) is 2.62. The van der Waals surface area contributed by atoms with E-state index in [0.717, 1.165) is 25.9 Å². The van der Waals surface area contributed by atoms with E-state index >= 15 is 0 Å². The normalized spacial score (nSPS) is 14.2. The summed E-state index contributed by atoms with van der Waals surface area (Å²) in [6, 6.07) is 4.65. The van der Waals surface area contributed by atoms with Crippen LogP contribution in [0, 0.1) is 5.82 Å². The largest absolute Gasteiger partial charge is 0.481 e. The van der Waals surface area contributed by atoms with Gasteiger partial charge < -0.3 is 15.3 Å². The second-order valence-electron chi connectivity index (χ2n) is 5.16. The summed E-state index contributed by atoms with van der Waals surface area (Å²) >= 11 is 0. The van der Waals surface area contributed by atoms with Crippen LogP contribution in [0.15, 0.2) is 18.2 Å². The summed E-state index contributed by atoms with van der Waals surface area (Å²) in [4.78, 5) is 24.0. The van der Waals surface area contributed by atoms with Crippen LogP contribution in [-0.2, 0) is 9.59 Å². The van der Waals surface area contributed by atoms with Crippen LogP contribution in [0.5, 0.6) is 0 Å². The Morgan fingerprint density at radius 2 is 1.95 bits per heavy atom. The minimum atomic E-state index is -0.927. The van der Waals surface area contributed by atoms with Crippen molar-refractivity contribution in [2.75, 3.05) is 23.3 Å². The minimum absolute atomic E-state index is 0.0460. The molecule has 5 nitrogen and oxygen atoms in total. The van der Waals surface area contributed by atoms with Crippen LogP contribution in [0.1, 0.15) is 32.1 Å². The van der Waals surface area contributed by atoms with E-state index in [4.69, 9.17) is 5.11 Å². The van der Waals surface area contributed by atoms with Crippen molar-refractivity contribution in [3.63, 3.8) is 0 Å². The highest BCUT2D eigenvalue weighted by Crippen LogP contribution is 2.26. The highest BCUT2D eigenvalue weighted by atomic mass is 19.1. The number of hydrogen-bond donors (Lipinski definition) is 2. The van der Waals surface area contributed by atoms with Crippen LogP contribution in [0.25, 0.3) is 0 Å². The second-order valence-corrected chi connectivity index (χ2v) is 5.16. The van der Waals surface area contributed by atoms with Crippen molar-refractivity contribution >= 4 is 23.3 Å². The number of carbonyl (C=O) groups excluding carboxylic acids is 1. The van der Waals surface area contributed by atoms with E-state index in [1.165, 1.54) is 6.07 Å². The van der Waals surface area contributed by atoms with Crippen LogP contribution >= 0.6 is 0 Å². The number of aliphatic carboxylic acids is 1. The Morgan fingerprint density at radius 1 is 1.24 bits per heavy atom. The monoisotopic (exact) mass is 294 g/mol. The fourth-order valence-electron chi connectivity index (χ4n) is 2.42. The number of anilines is 2. The quantitative estimate of drug-likeness (QED) is 0.846. The van der Waals surface area contributed by atoms with Gasteiger partial charge in [-0.2, -0.15) is 0 Å². The summed E-state index contributed by atoms with van der Waals surface area (Å²) < 4.78 is 14.0. The summed E-state index contributed by atoms with van der Waals surface area (Å²) in [5.74, 6) is -1.58. The number of amides is 1. The maximum absolute atomic E-state index is 14.0. The molecule has 21 heavy (non-hydrogen) atoms. The molecule has 0 atom stereocenters. The van der Waals surface area contributed by atoms with Crippen LogP contribution in [0.2, 0.25) is 0 Å². The number of nitrogens with one attached hydrogen (secondary N) is 1. The number of hydrogen-bond acceptors (Lipinski definition) is 3. The Hall–Kier alpha value is -2.11. The molecule has 1 heterocycles. The summed E-state index contributed by atoms with van der Waals surface area (Å²) in [7, 11) is 0. The molecule has 2 rings (SSSR count). The third-order valence-electron chi connectivity index (χ3n) is 3.47. The topological polar surface area (TPSA) is 69.6 Å². The number of rotatable bonds is 6. The number of halogens is 1. The lowest BCUT2D eigenvalue weighted by Crippen LogP contribution is -2.19. The van der Waals surface area contributed by atoms with E-state index in [1.807, 2.05) is 4.90 Å². The molecule has 0 bridgehead atoms. The molecule has 0 aliphatic carbocycles. The molecular weight excluding hydrogens is 275 g/mol. The van der Waals surface area contributed by atoms with Gasteiger partial charge in [-0.3, -0.25) is 9.59 Å². The standard InChI is InChI=1S/C15H19FN2O3/c16-12-10-11(17-14(19)4-3-5-15(20)21)6-7-13(12)18-8-1-2-9-18/h6-7,10H,1-5,8-9H2,(H,17,19)(H,20,21). The first-order valence-electron chi connectivity index (χ1n) is 7.12. The Balaban J connectivity index is 1.90. The van der Waals surface area contributed by atoms with E-state index < -0.39 is 5.97 Å². The zero-order chi connectivity index (χ0) is 15.2. The summed E-state index contributed by atoms with van der Waals surface area (Å²) in [6.45, 7) is 1.72. The van der Waals surface area contributed by atoms with Crippen LogP contribution in [0.4, 0.5) is 15.8 Å². The first-order chi connectivity index (χ1) is 10.1. The molecule has 1 saturated heterocycles. The lowest BCUT2D eigenvalue weighted by molar-refractivity contribution is -0.137. The fraction of sp³-hybridized carbons (Fsp3) is 0.467. The molecule has 6 heteroatoms. The van der Waals surface area contributed by atoms with Gasteiger partial charge in [0.25, 0.3) is 0 Å². The summed E-state index contributed by atoms with van der Waals surface area (Å²) in [5.41, 5.74) is 0.965. The maximum Gasteiger partial charge on any atom is 0.303 e. The number of carbonyl (C=O) groups is 2. The zero-order valence-electron chi connectivity index (χ0n) is 11.8. The molecule has 0 aromatic heterocycles. The molecule has 1 amide bonds. The van der Waals surface area contributed by atoms with Crippen molar-refractivity contribution in [3.8, 4) is 0 Å². The summed E-state index contributed by atoms with van der Waals surface area (Å²) in [5, 5.41) is 11.1. The number of benzene rings is 1. The Bertz CT molecular complexity index is 528. The molecule has 1 aromatic rings. The van der Waals surface area contributed by atoms with E-state index in [1.54, 1.807) is 12.1 Å². The van der Waals surface area contributed by atoms with Crippen molar-refractivity contribution in [3.05, 3.63) is 24.0 Å². The third-order valence-corrected chi connectivity index (χ3v) is 3.47. The van der Waals surface area contributed by atoms with Gasteiger partial charge in [0, 0.05) is 31.6 Å². The molecule has 0 unspecified atom stereocenters. The lowest BCUT2D eigenvalue weighted by atomic mass is 10.2. The molecule has 0 saturated carbocycles. The smallest absolute Gasteiger partial charge is 0.303 e. The van der Waals surface area contributed by atoms with Gasteiger partial charge in [0.1, 0.15) is 5.82 Å². The van der Waals surface area contributed by atoms with Crippen LogP contribution < -0.4 is 10.2 Å². The lowest BCUT2D eigenvalue weighted by Gasteiger charge is -2.18. The zero-order valence-corrected chi connectivity index (χ0v) is 11.8. The fourth-order valence-corrected chi connectivity index (χ4v) is 2.42. The number of carboxylic acids is 1. The molecule has 1 aliphatic heterocycles. The molecular formula is C15H19FN2O3. The number of nitrogens with zero attached hydrogens (tertiary/aromatic N) is 1. The van der Waals surface area contributed by atoms with Crippen molar-refractivity contribution in [2.24, 2.45) is 0 Å². The highest BCUT2D eigenvalue weighted by molar-refractivity contribution is 5.91. The van der Waals surface area contributed by atoms with Gasteiger partial charge in [-0.15, -0.1) is 0 Å². The van der Waals surface area contributed by atoms with Crippen LogP contribution in [0.3, 0.4) is 0 Å². The minimum Gasteiger partial charge on any atom is -0.481 e. The molecule has 2 N–H and O–H groups in total. The van der Waals surface area contributed by atoms with Gasteiger partial charge in [0.15, 0.2) is 0 Å². The Labute approximate surface area is 122 Å². The van der Waals surface area contributed by atoms with Crippen molar-refractivity contribution in [1.29, 1.82) is 0 Å².